The van der Waals surface area contributed by atoms with E-state index in [-0.39, 0.29) is 5.91 Å². The second kappa shape index (κ2) is 8.81. The number of hydrogen-bond acceptors (Lipinski definition) is 5. The number of nitrogens with one attached hydrogen (secondary N) is 1. The monoisotopic (exact) mass is 438 g/mol. The molecule has 4 rings (SSSR count). The van der Waals surface area contributed by atoms with Gasteiger partial charge in [0.2, 0.25) is 6.10 Å². The van der Waals surface area contributed by atoms with Gasteiger partial charge in [-0.1, -0.05) is 41.0 Å². The van der Waals surface area contributed by atoms with Gasteiger partial charge in [-0.05, 0) is 43.7 Å². The van der Waals surface area contributed by atoms with Crippen LogP contribution >= 0.6 is 11.6 Å². The van der Waals surface area contributed by atoms with Gasteiger partial charge < -0.3 is 14.9 Å². The Kier molecular flexibility index (Phi) is 5.95. The number of anilines is 1. The van der Waals surface area contributed by atoms with Gasteiger partial charge in [-0.3, -0.25) is 9.48 Å². The van der Waals surface area contributed by atoms with E-state index >= 15 is 0 Å². The lowest BCUT2D eigenvalue weighted by atomic mass is 10.0. The van der Waals surface area contributed by atoms with Crippen molar-refractivity contribution >= 4 is 28.9 Å². The van der Waals surface area contributed by atoms with E-state index in [2.05, 4.69) is 15.6 Å². The molecular formula is C23H23ClN4O3. The number of nitrogens with zero attached hydrogens (tertiary/aromatic N) is 3. The largest absolute Gasteiger partial charge is 0.496 e. The molecule has 31 heavy (non-hydrogen) atoms. The zero-order valence-electron chi connectivity index (χ0n) is 17.6. The van der Waals surface area contributed by atoms with E-state index in [4.69, 9.17) is 21.2 Å². The van der Waals surface area contributed by atoms with Gasteiger partial charge >= 0.3 is 0 Å². The summed E-state index contributed by atoms with van der Waals surface area (Å²) < 4.78 is 7.23. The molecule has 1 unspecified atom stereocenters. The summed E-state index contributed by atoms with van der Waals surface area (Å²) >= 11 is 6.08. The average Bonchev–Trinajstić information content (AvgIpc) is 3.35. The number of para-hydroxylation sites is 1. The summed E-state index contributed by atoms with van der Waals surface area (Å²) in [5.41, 5.74) is 4.81. The average molecular weight is 439 g/mol. The van der Waals surface area contributed by atoms with Crippen LogP contribution in [-0.2, 0) is 16.2 Å². The number of carbonyl (C=O) groups excluding carboxylic acids is 1. The lowest BCUT2D eigenvalue weighted by molar-refractivity contribution is -0.125. The van der Waals surface area contributed by atoms with E-state index in [1.807, 2.05) is 67.1 Å². The fourth-order valence-electron chi connectivity index (χ4n) is 3.60. The van der Waals surface area contributed by atoms with Crippen LogP contribution in [0.5, 0.6) is 5.75 Å². The predicted octanol–water partition coefficient (Wildman–Crippen LogP) is 4.34. The number of hydrogen-bond donors (Lipinski definition) is 1. The van der Waals surface area contributed by atoms with Crippen LogP contribution in [0.4, 0.5) is 5.69 Å². The van der Waals surface area contributed by atoms with Crippen molar-refractivity contribution in [3.05, 3.63) is 76.1 Å². The Bertz CT molecular complexity index is 1160. The molecule has 1 N–H and O–H groups in total. The number of carbonyl (C=O) groups is 1. The first-order chi connectivity index (χ1) is 15.0. The van der Waals surface area contributed by atoms with Gasteiger partial charge in [-0.25, -0.2) is 0 Å². The Hall–Kier alpha value is -3.32. The quantitative estimate of drug-likeness (QED) is 0.621. The zero-order valence-corrected chi connectivity index (χ0v) is 18.3. The van der Waals surface area contributed by atoms with Crippen LogP contribution in [0.25, 0.3) is 0 Å². The minimum atomic E-state index is -0.713. The van der Waals surface area contributed by atoms with Crippen molar-refractivity contribution in [3.63, 3.8) is 0 Å². The standard InChI is InChI=1S/C23H23ClN4O3/c1-14-22(15(2)28(26-14)13-16-7-6-8-17(24)11-16)25-23(29)21-12-19(27-31-21)18-9-4-5-10-20(18)30-3/h4-11,21H,12-13H2,1-3H3,(H,25,29). The van der Waals surface area contributed by atoms with Gasteiger partial charge in [0, 0.05) is 17.0 Å². The van der Waals surface area contributed by atoms with Crippen molar-refractivity contribution in [1.29, 1.82) is 0 Å². The fraction of sp³-hybridized carbons (Fsp3) is 0.261. The number of oxime groups is 1. The Morgan fingerprint density at radius 2 is 2.06 bits per heavy atom. The zero-order chi connectivity index (χ0) is 22.0. The Morgan fingerprint density at radius 3 is 2.84 bits per heavy atom. The Morgan fingerprint density at radius 1 is 1.26 bits per heavy atom. The topological polar surface area (TPSA) is 77.7 Å². The third kappa shape index (κ3) is 4.41. The van der Waals surface area contributed by atoms with Crippen LogP contribution in [0.1, 0.15) is 28.9 Å². The summed E-state index contributed by atoms with van der Waals surface area (Å²) in [6.45, 7) is 4.35. The molecule has 3 aromatic rings. The normalized spacial score (nSPS) is 15.4. The van der Waals surface area contributed by atoms with Gasteiger partial charge in [0.25, 0.3) is 5.91 Å². The molecule has 0 bridgehead atoms. The first kappa shape index (κ1) is 20.9. The van der Waals surface area contributed by atoms with Gasteiger partial charge in [-0.15, -0.1) is 0 Å². The SMILES string of the molecule is COc1ccccc1C1=NOC(C(=O)Nc2c(C)nn(Cc3cccc(Cl)c3)c2C)C1. The number of aromatic nitrogens is 2. The molecule has 0 saturated carbocycles. The minimum Gasteiger partial charge on any atom is -0.496 e. The number of amides is 1. The van der Waals surface area contributed by atoms with E-state index in [0.29, 0.717) is 35.1 Å². The van der Waals surface area contributed by atoms with Crippen molar-refractivity contribution in [2.24, 2.45) is 5.16 Å². The third-order valence-electron chi connectivity index (χ3n) is 5.23. The van der Waals surface area contributed by atoms with Gasteiger partial charge in [0.15, 0.2) is 0 Å². The molecule has 1 atom stereocenters. The van der Waals surface area contributed by atoms with Crippen molar-refractivity contribution < 1.29 is 14.4 Å². The van der Waals surface area contributed by atoms with Crippen molar-refractivity contribution in [2.75, 3.05) is 12.4 Å². The maximum atomic E-state index is 12.9. The highest BCUT2D eigenvalue weighted by atomic mass is 35.5. The maximum absolute atomic E-state index is 12.9. The lowest BCUT2D eigenvalue weighted by Crippen LogP contribution is -2.28. The highest BCUT2D eigenvalue weighted by molar-refractivity contribution is 6.30. The summed E-state index contributed by atoms with van der Waals surface area (Å²) in [6, 6.07) is 15.2. The highest BCUT2D eigenvalue weighted by Gasteiger charge is 2.31. The minimum absolute atomic E-state index is 0.262. The maximum Gasteiger partial charge on any atom is 0.268 e. The number of benzene rings is 2. The second-order valence-corrected chi connectivity index (χ2v) is 7.80. The first-order valence-electron chi connectivity index (χ1n) is 9.91. The molecule has 2 aromatic carbocycles. The third-order valence-corrected chi connectivity index (χ3v) is 5.47. The van der Waals surface area contributed by atoms with Crippen molar-refractivity contribution in [1.82, 2.24) is 9.78 Å². The molecule has 0 fully saturated rings. The molecular weight excluding hydrogens is 416 g/mol. The molecule has 1 aliphatic rings. The summed E-state index contributed by atoms with van der Waals surface area (Å²) in [6.07, 6.45) is -0.351. The fourth-order valence-corrected chi connectivity index (χ4v) is 3.82. The summed E-state index contributed by atoms with van der Waals surface area (Å²) in [7, 11) is 1.60. The van der Waals surface area contributed by atoms with Crippen molar-refractivity contribution in [2.45, 2.75) is 32.9 Å². The molecule has 0 spiro atoms. The van der Waals surface area contributed by atoms with E-state index in [0.717, 1.165) is 22.5 Å². The molecule has 0 saturated heterocycles. The molecule has 7 nitrogen and oxygen atoms in total. The van der Waals surface area contributed by atoms with Gasteiger partial charge in [-0.2, -0.15) is 5.10 Å². The molecule has 1 aromatic heterocycles. The van der Waals surface area contributed by atoms with Crippen LogP contribution in [0, 0.1) is 13.8 Å². The van der Waals surface area contributed by atoms with E-state index < -0.39 is 6.10 Å². The Labute approximate surface area is 185 Å². The van der Waals surface area contributed by atoms with Crippen LogP contribution in [0.2, 0.25) is 5.02 Å². The first-order valence-corrected chi connectivity index (χ1v) is 10.3. The van der Waals surface area contributed by atoms with E-state index in [1.54, 1.807) is 7.11 Å². The van der Waals surface area contributed by atoms with Crippen LogP contribution in [0.3, 0.4) is 0 Å². The summed E-state index contributed by atoms with van der Waals surface area (Å²) in [4.78, 5) is 18.3. The second-order valence-electron chi connectivity index (χ2n) is 7.36. The molecule has 1 aliphatic heterocycles. The van der Waals surface area contributed by atoms with Gasteiger partial charge in [0.05, 0.1) is 36.4 Å². The highest BCUT2D eigenvalue weighted by Crippen LogP contribution is 2.26. The van der Waals surface area contributed by atoms with Crippen LogP contribution < -0.4 is 10.1 Å². The smallest absolute Gasteiger partial charge is 0.268 e. The van der Waals surface area contributed by atoms with Gasteiger partial charge in [0.1, 0.15) is 5.75 Å². The Balaban J connectivity index is 1.45. The molecule has 0 aliphatic carbocycles. The number of methoxy groups -OCH3 is 1. The number of halogens is 1. The van der Waals surface area contributed by atoms with Crippen molar-refractivity contribution in [3.8, 4) is 5.75 Å². The summed E-state index contributed by atoms with van der Waals surface area (Å²) in [5.74, 6) is 0.432. The number of aryl methyl sites for hydroxylation is 1. The lowest BCUT2D eigenvalue weighted by Gasteiger charge is -2.11. The molecule has 160 valence electrons. The van der Waals surface area contributed by atoms with Crippen LogP contribution in [-0.4, -0.2) is 34.6 Å². The number of ether oxygens (including phenoxy) is 1. The van der Waals surface area contributed by atoms with E-state index in [1.165, 1.54) is 0 Å². The molecule has 1 amide bonds. The summed E-state index contributed by atoms with van der Waals surface area (Å²) in [5, 5.41) is 12.3. The van der Waals surface area contributed by atoms with Crippen LogP contribution in [0.15, 0.2) is 53.7 Å². The van der Waals surface area contributed by atoms with E-state index in [9.17, 15) is 4.79 Å². The molecule has 2 heterocycles. The predicted molar refractivity (Wildman–Crippen MR) is 120 cm³/mol. The molecule has 0 radical (unpaired) electrons. The number of rotatable bonds is 6. The molecule has 8 heteroatoms.